The van der Waals surface area contributed by atoms with Crippen molar-refractivity contribution in [1.29, 1.82) is 0 Å². The fourth-order valence-corrected chi connectivity index (χ4v) is 3.00. The van der Waals surface area contributed by atoms with Crippen LogP contribution in [0, 0.1) is 6.92 Å². The van der Waals surface area contributed by atoms with Crippen LogP contribution >= 0.6 is 0 Å². The van der Waals surface area contributed by atoms with Crippen LogP contribution in [-0.2, 0) is 18.0 Å². The van der Waals surface area contributed by atoms with Crippen LogP contribution in [0.5, 0.6) is 0 Å². The van der Waals surface area contributed by atoms with E-state index in [1.807, 2.05) is 0 Å². The van der Waals surface area contributed by atoms with Gasteiger partial charge in [-0.25, -0.2) is 4.98 Å². The monoisotopic (exact) mass is 380 g/mol. The minimum atomic E-state index is -4.67. The average Bonchev–Trinajstić information content (AvgIpc) is 3.19. The Kier molecular flexibility index (Phi) is 3.78. The first-order valence-corrected chi connectivity index (χ1v) is 8.08. The van der Waals surface area contributed by atoms with E-state index >= 15 is 0 Å². The summed E-state index contributed by atoms with van der Waals surface area (Å²) in [5, 5.41) is 7.60. The molecule has 3 aromatic heterocycles. The third-order valence-electron chi connectivity index (χ3n) is 4.22. The fraction of sp³-hybridized carbons (Fsp3) is 0.400. The van der Waals surface area contributed by atoms with Crippen LogP contribution in [0.4, 0.5) is 24.7 Å². The number of fused-ring (bicyclic) bond motifs is 1. The zero-order valence-corrected chi connectivity index (χ0v) is 14.5. The highest BCUT2D eigenvalue weighted by molar-refractivity contribution is 5.97. The van der Waals surface area contributed by atoms with Crippen LogP contribution in [0.3, 0.4) is 0 Å². The van der Waals surface area contributed by atoms with Gasteiger partial charge < -0.3 is 9.80 Å². The topological polar surface area (TPSA) is 84.5 Å². The van der Waals surface area contributed by atoms with Gasteiger partial charge in [0, 0.05) is 38.1 Å². The van der Waals surface area contributed by atoms with E-state index in [1.54, 1.807) is 46.9 Å². The zero-order valence-electron chi connectivity index (χ0n) is 14.5. The predicted molar refractivity (Wildman–Crippen MR) is 88.3 cm³/mol. The molecule has 1 aliphatic heterocycles. The van der Waals surface area contributed by atoms with Gasteiger partial charge in [0.1, 0.15) is 5.82 Å². The van der Waals surface area contributed by atoms with Crippen molar-refractivity contribution in [2.45, 2.75) is 13.1 Å². The van der Waals surface area contributed by atoms with E-state index in [9.17, 15) is 18.0 Å². The molecular weight excluding hydrogens is 365 g/mol. The molecule has 3 aromatic rings. The molecule has 1 aliphatic rings. The molecule has 0 aliphatic carbocycles. The first-order valence-electron chi connectivity index (χ1n) is 8.08. The molecule has 0 aromatic carbocycles. The normalized spacial score (nSPS) is 15.8. The molecule has 0 radical (unpaired) electrons. The third-order valence-corrected chi connectivity index (χ3v) is 4.22. The van der Waals surface area contributed by atoms with Crippen molar-refractivity contribution in [2.24, 2.45) is 7.05 Å². The first kappa shape index (κ1) is 17.2. The molecule has 0 bridgehead atoms. The summed E-state index contributed by atoms with van der Waals surface area (Å²) < 4.78 is 41.5. The number of carbonyl (C=O) groups is 1. The van der Waals surface area contributed by atoms with E-state index in [1.165, 1.54) is 0 Å². The van der Waals surface area contributed by atoms with E-state index < -0.39 is 12.0 Å². The number of amides is 1. The fourth-order valence-electron chi connectivity index (χ4n) is 3.00. The van der Waals surface area contributed by atoms with Gasteiger partial charge >= 0.3 is 6.18 Å². The largest absolute Gasteiger partial charge is 0.453 e. The summed E-state index contributed by atoms with van der Waals surface area (Å²) in [6.07, 6.45) is -1.35. The van der Waals surface area contributed by atoms with Crippen LogP contribution < -0.4 is 9.80 Å². The van der Waals surface area contributed by atoms with Crippen molar-refractivity contribution in [1.82, 2.24) is 29.4 Å². The lowest BCUT2D eigenvalue weighted by atomic mass is 10.2. The maximum absolute atomic E-state index is 13.0. The Morgan fingerprint density at radius 3 is 2.59 bits per heavy atom. The summed E-state index contributed by atoms with van der Waals surface area (Å²) >= 11 is 0. The predicted octanol–water partition coefficient (Wildman–Crippen LogP) is 1.04. The third kappa shape index (κ3) is 3.06. The molecular formula is C15H15F3N8O. The molecule has 9 nitrogen and oxygen atoms in total. The quantitative estimate of drug-likeness (QED) is 0.661. The number of hydrogen-bond donors (Lipinski definition) is 0. The highest BCUT2D eigenvalue weighted by Gasteiger charge is 2.37. The van der Waals surface area contributed by atoms with E-state index in [2.05, 4.69) is 20.2 Å². The molecule has 27 heavy (non-hydrogen) atoms. The minimum Gasteiger partial charge on any atom is -0.345 e. The number of nitrogens with zero attached hydrogens (tertiary/aromatic N) is 8. The summed E-state index contributed by atoms with van der Waals surface area (Å²) in [5.41, 5.74) is 1.17. The van der Waals surface area contributed by atoms with Gasteiger partial charge in [-0.2, -0.15) is 27.8 Å². The van der Waals surface area contributed by atoms with Crippen molar-refractivity contribution >= 4 is 23.2 Å². The number of aromatic nitrogens is 6. The molecule has 0 saturated carbocycles. The molecule has 1 saturated heterocycles. The molecule has 142 valence electrons. The standard InChI is InChI=1S/C15H15F3N8O/c1-9-5-11(26-14(20-9)21-13(22-26)15(16,17)18)24-3-4-25(12(27)8-24)10-6-19-23(2)7-10/h5-7H,3-4,8H2,1-2H3. The molecule has 12 heteroatoms. The number of alkyl halides is 3. The molecule has 4 rings (SSSR count). The minimum absolute atomic E-state index is 0.00530. The summed E-state index contributed by atoms with van der Waals surface area (Å²) in [5.74, 6) is -1.26. The second-order valence-electron chi connectivity index (χ2n) is 6.24. The maximum atomic E-state index is 13.0. The van der Waals surface area contributed by atoms with E-state index in [0.29, 0.717) is 30.3 Å². The van der Waals surface area contributed by atoms with Crippen LogP contribution in [0.15, 0.2) is 18.5 Å². The Bertz CT molecular complexity index is 1020. The van der Waals surface area contributed by atoms with Crippen molar-refractivity contribution in [3.8, 4) is 0 Å². The molecule has 0 spiro atoms. The summed E-state index contributed by atoms with van der Waals surface area (Å²) in [4.78, 5) is 23.3. The van der Waals surface area contributed by atoms with Crippen molar-refractivity contribution in [2.75, 3.05) is 29.4 Å². The van der Waals surface area contributed by atoms with Gasteiger partial charge in [0.25, 0.3) is 11.6 Å². The van der Waals surface area contributed by atoms with Gasteiger partial charge in [0.2, 0.25) is 5.91 Å². The molecule has 1 amide bonds. The second-order valence-corrected chi connectivity index (χ2v) is 6.24. The molecule has 0 atom stereocenters. The number of halogens is 3. The summed E-state index contributed by atoms with van der Waals surface area (Å²) in [7, 11) is 1.75. The summed E-state index contributed by atoms with van der Waals surface area (Å²) in [6, 6.07) is 1.59. The average molecular weight is 380 g/mol. The van der Waals surface area contributed by atoms with Gasteiger partial charge in [-0.3, -0.25) is 9.48 Å². The SMILES string of the molecule is Cc1cc(N2CCN(c3cnn(C)c3)C(=O)C2)n2nc(C(F)(F)F)nc2n1. The molecule has 1 fully saturated rings. The lowest BCUT2D eigenvalue weighted by Gasteiger charge is -2.34. The lowest BCUT2D eigenvalue weighted by Crippen LogP contribution is -2.51. The number of aryl methyl sites for hydroxylation is 2. The number of hydrogen-bond acceptors (Lipinski definition) is 6. The van der Waals surface area contributed by atoms with Gasteiger partial charge in [0.15, 0.2) is 0 Å². The number of rotatable bonds is 2. The zero-order chi connectivity index (χ0) is 19.3. The number of carbonyl (C=O) groups excluding carboxylic acids is 1. The van der Waals surface area contributed by atoms with Gasteiger partial charge in [-0.15, -0.1) is 5.10 Å². The van der Waals surface area contributed by atoms with Crippen LogP contribution in [0.1, 0.15) is 11.5 Å². The lowest BCUT2D eigenvalue weighted by molar-refractivity contribution is -0.144. The highest BCUT2D eigenvalue weighted by atomic mass is 19.4. The van der Waals surface area contributed by atoms with Crippen LogP contribution in [0.2, 0.25) is 0 Å². The smallest absolute Gasteiger partial charge is 0.345 e. The first-order chi connectivity index (χ1) is 12.7. The van der Waals surface area contributed by atoms with Gasteiger partial charge in [-0.1, -0.05) is 0 Å². The molecule has 0 unspecified atom stereocenters. The van der Waals surface area contributed by atoms with Gasteiger partial charge in [-0.05, 0) is 6.92 Å². The van der Waals surface area contributed by atoms with Crippen molar-refractivity contribution in [3.63, 3.8) is 0 Å². The Hall–Kier alpha value is -3.18. The van der Waals surface area contributed by atoms with E-state index in [0.717, 1.165) is 4.52 Å². The Morgan fingerprint density at radius 1 is 1.19 bits per heavy atom. The summed E-state index contributed by atoms with van der Waals surface area (Å²) in [6.45, 7) is 2.43. The maximum Gasteiger partial charge on any atom is 0.453 e. The highest BCUT2D eigenvalue weighted by Crippen LogP contribution is 2.28. The Morgan fingerprint density at radius 2 is 1.96 bits per heavy atom. The second kappa shape index (κ2) is 5.93. The Balaban J connectivity index is 1.67. The van der Waals surface area contributed by atoms with E-state index in [4.69, 9.17) is 0 Å². The van der Waals surface area contributed by atoms with Crippen molar-refractivity contribution in [3.05, 3.63) is 30.0 Å². The van der Waals surface area contributed by atoms with Crippen molar-refractivity contribution < 1.29 is 18.0 Å². The number of piperazine rings is 1. The molecule has 0 N–H and O–H groups in total. The van der Waals surface area contributed by atoms with Crippen LogP contribution in [0.25, 0.3) is 5.78 Å². The van der Waals surface area contributed by atoms with Crippen LogP contribution in [-0.4, -0.2) is 54.9 Å². The number of anilines is 2. The van der Waals surface area contributed by atoms with Gasteiger partial charge in [0.05, 0.1) is 18.4 Å². The molecule has 4 heterocycles. The van der Waals surface area contributed by atoms with E-state index in [-0.39, 0.29) is 18.2 Å². The Labute approximate surface area is 151 Å².